The van der Waals surface area contributed by atoms with Gasteiger partial charge in [0.2, 0.25) is 0 Å². The molecule has 0 radical (unpaired) electrons. The molecule has 0 spiro atoms. The van der Waals surface area contributed by atoms with Crippen LogP contribution in [-0.2, 0) is 13.0 Å². The van der Waals surface area contributed by atoms with Gasteiger partial charge in [-0.3, -0.25) is 4.90 Å². The highest BCUT2D eigenvalue weighted by Crippen LogP contribution is 2.37. The van der Waals surface area contributed by atoms with Crippen molar-refractivity contribution in [3.63, 3.8) is 0 Å². The van der Waals surface area contributed by atoms with Crippen molar-refractivity contribution in [2.45, 2.75) is 37.6 Å². The van der Waals surface area contributed by atoms with E-state index in [-0.39, 0.29) is 6.10 Å². The number of piperidine rings is 1. The largest absolute Gasteiger partial charge is 0.390 e. The molecule has 3 nitrogen and oxygen atoms in total. The third kappa shape index (κ3) is 1.54. The molecule has 1 aromatic carbocycles. The summed E-state index contributed by atoms with van der Waals surface area (Å²) in [6, 6.07) is 9.46. The molecule has 0 amide bonds. The maximum Gasteiger partial charge on any atom is 0.0851 e. The second-order valence-electron chi connectivity index (χ2n) is 5.98. The van der Waals surface area contributed by atoms with Crippen molar-refractivity contribution < 1.29 is 5.11 Å². The molecular weight excluding hydrogens is 224 g/mol. The number of aliphatic hydroxyl groups excluding tert-OH is 1. The lowest BCUT2D eigenvalue weighted by Crippen LogP contribution is -2.54. The van der Waals surface area contributed by atoms with E-state index in [1.165, 1.54) is 11.1 Å². The van der Waals surface area contributed by atoms with Gasteiger partial charge in [-0.15, -0.1) is 0 Å². The third-order valence-electron chi connectivity index (χ3n) is 5.03. The van der Waals surface area contributed by atoms with Crippen LogP contribution in [0.4, 0.5) is 0 Å². The Morgan fingerprint density at radius 2 is 2.06 bits per heavy atom. The Balaban J connectivity index is 1.58. The summed E-state index contributed by atoms with van der Waals surface area (Å²) in [4.78, 5) is 2.51. The number of aliphatic hydroxyl groups is 1. The van der Waals surface area contributed by atoms with E-state index >= 15 is 0 Å². The molecule has 1 aromatic rings. The fourth-order valence-corrected chi connectivity index (χ4v) is 4.12. The lowest BCUT2D eigenvalue weighted by Gasteiger charge is -2.40. The number of fused-ring (bicyclic) bond motifs is 3. The van der Waals surface area contributed by atoms with Crippen LogP contribution in [0.3, 0.4) is 0 Å². The number of nitrogens with one attached hydrogen (secondary N) is 1. The topological polar surface area (TPSA) is 35.5 Å². The van der Waals surface area contributed by atoms with Crippen molar-refractivity contribution >= 4 is 0 Å². The first-order valence-electron chi connectivity index (χ1n) is 7.05. The Hall–Kier alpha value is -0.900. The minimum absolute atomic E-state index is 0.172. The van der Waals surface area contributed by atoms with Crippen LogP contribution < -0.4 is 5.32 Å². The minimum atomic E-state index is -0.172. The van der Waals surface area contributed by atoms with Crippen LogP contribution in [0, 0.1) is 5.92 Å². The van der Waals surface area contributed by atoms with E-state index in [0.29, 0.717) is 18.0 Å². The molecule has 2 unspecified atom stereocenters. The van der Waals surface area contributed by atoms with Gasteiger partial charge in [0.1, 0.15) is 0 Å². The maximum absolute atomic E-state index is 10.4. The zero-order valence-corrected chi connectivity index (χ0v) is 10.5. The van der Waals surface area contributed by atoms with Crippen LogP contribution in [0.25, 0.3) is 0 Å². The van der Waals surface area contributed by atoms with Gasteiger partial charge in [-0.05, 0) is 36.4 Å². The SMILES string of the molecule is OC1C(N2CCc3ccccc3C2)[C@H]2CN[C@@H]1C2. The summed E-state index contributed by atoms with van der Waals surface area (Å²) < 4.78 is 0. The first-order chi connectivity index (χ1) is 8.83. The van der Waals surface area contributed by atoms with Crippen LogP contribution >= 0.6 is 0 Å². The molecule has 18 heavy (non-hydrogen) atoms. The fraction of sp³-hybridized carbons (Fsp3) is 0.600. The average molecular weight is 244 g/mol. The van der Waals surface area contributed by atoms with Crippen LogP contribution in [0.1, 0.15) is 17.5 Å². The lowest BCUT2D eigenvalue weighted by atomic mass is 9.94. The molecule has 2 heterocycles. The zero-order chi connectivity index (χ0) is 12.1. The van der Waals surface area contributed by atoms with Crippen molar-refractivity contribution in [3.8, 4) is 0 Å². The van der Waals surface area contributed by atoms with Gasteiger partial charge in [-0.1, -0.05) is 24.3 Å². The Morgan fingerprint density at radius 1 is 1.22 bits per heavy atom. The highest BCUT2D eigenvalue weighted by atomic mass is 16.3. The van der Waals surface area contributed by atoms with Crippen LogP contribution in [-0.4, -0.2) is 41.3 Å². The Labute approximate surface area is 108 Å². The number of hydrogen-bond donors (Lipinski definition) is 2. The molecule has 96 valence electrons. The Morgan fingerprint density at radius 3 is 2.83 bits per heavy atom. The third-order valence-corrected chi connectivity index (χ3v) is 5.03. The summed E-state index contributed by atoms with van der Waals surface area (Å²) in [7, 11) is 0. The van der Waals surface area contributed by atoms with Gasteiger partial charge in [-0.25, -0.2) is 0 Å². The molecule has 2 fully saturated rings. The molecule has 2 bridgehead atoms. The van der Waals surface area contributed by atoms with E-state index in [4.69, 9.17) is 0 Å². The summed E-state index contributed by atoms with van der Waals surface area (Å²) in [5, 5.41) is 13.8. The van der Waals surface area contributed by atoms with Crippen LogP contribution in [0.5, 0.6) is 0 Å². The second kappa shape index (κ2) is 4.05. The summed E-state index contributed by atoms with van der Waals surface area (Å²) in [6.07, 6.45) is 2.11. The van der Waals surface area contributed by atoms with Gasteiger partial charge in [0.25, 0.3) is 0 Å². The Bertz CT molecular complexity index is 460. The highest BCUT2D eigenvalue weighted by molar-refractivity contribution is 5.29. The van der Waals surface area contributed by atoms with Gasteiger partial charge in [0.15, 0.2) is 0 Å². The predicted molar refractivity (Wildman–Crippen MR) is 70.2 cm³/mol. The van der Waals surface area contributed by atoms with Gasteiger partial charge in [-0.2, -0.15) is 0 Å². The molecule has 2 aliphatic heterocycles. The standard InChI is InChI=1S/C15H20N2O/c18-15-13-7-12(8-16-13)14(15)17-6-5-10-3-1-2-4-11(10)9-17/h1-4,12-16,18H,5-9H2/t12-,13-,14?,15?/m1/s1. The molecule has 1 aliphatic carbocycles. The first kappa shape index (κ1) is 11.0. The van der Waals surface area contributed by atoms with E-state index in [9.17, 15) is 5.11 Å². The lowest BCUT2D eigenvalue weighted by molar-refractivity contribution is 0.0177. The molecule has 3 aliphatic rings. The zero-order valence-electron chi connectivity index (χ0n) is 10.5. The van der Waals surface area contributed by atoms with Gasteiger partial charge in [0.05, 0.1) is 6.10 Å². The monoisotopic (exact) mass is 244 g/mol. The second-order valence-corrected chi connectivity index (χ2v) is 5.98. The molecule has 0 aromatic heterocycles. The van der Waals surface area contributed by atoms with Gasteiger partial charge in [0, 0.05) is 25.2 Å². The van der Waals surface area contributed by atoms with Crippen molar-refractivity contribution in [1.82, 2.24) is 10.2 Å². The normalized spacial score (nSPS) is 38.9. The maximum atomic E-state index is 10.4. The van der Waals surface area contributed by atoms with Crippen LogP contribution in [0.15, 0.2) is 24.3 Å². The van der Waals surface area contributed by atoms with Crippen molar-refractivity contribution in [2.24, 2.45) is 5.92 Å². The molecular formula is C15H20N2O. The summed E-state index contributed by atoms with van der Waals surface area (Å²) in [5.41, 5.74) is 2.94. The van der Waals surface area contributed by atoms with E-state index in [2.05, 4.69) is 34.5 Å². The predicted octanol–water partition coefficient (Wildman–Crippen LogP) is 0.766. The molecule has 1 saturated heterocycles. The Kier molecular flexibility index (Phi) is 2.47. The van der Waals surface area contributed by atoms with E-state index in [0.717, 1.165) is 32.5 Å². The quantitative estimate of drug-likeness (QED) is 0.766. The number of hydrogen-bond acceptors (Lipinski definition) is 3. The highest BCUT2D eigenvalue weighted by Gasteiger charge is 2.49. The molecule has 3 heteroatoms. The molecule has 1 saturated carbocycles. The summed E-state index contributed by atoms with van der Waals surface area (Å²) >= 11 is 0. The fourth-order valence-electron chi connectivity index (χ4n) is 4.12. The van der Waals surface area contributed by atoms with Crippen molar-refractivity contribution in [3.05, 3.63) is 35.4 Å². The summed E-state index contributed by atoms with van der Waals surface area (Å²) in [6.45, 7) is 3.20. The summed E-state index contributed by atoms with van der Waals surface area (Å²) in [5.74, 6) is 0.648. The number of benzene rings is 1. The van der Waals surface area contributed by atoms with E-state index in [1.54, 1.807) is 0 Å². The van der Waals surface area contributed by atoms with Crippen molar-refractivity contribution in [2.75, 3.05) is 13.1 Å². The number of rotatable bonds is 1. The molecule has 4 atom stereocenters. The van der Waals surface area contributed by atoms with E-state index in [1.807, 2.05) is 0 Å². The first-order valence-corrected chi connectivity index (χ1v) is 7.05. The smallest absolute Gasteiger partial charge is 0.0851 e. The molecule has 2 N–H and O–H groups in total. The van der Waals surface area contributed by atoms with Gasteiger partial charge < -0.3 is 10.4 Å². The average Bonchev–Trinajstić information content (AvgIpc) is 2.99. The molecule has 4 rings (SSSR count). The van der Waals surface area contributed by atoms with Gasteiger partial charge >= 0.3 is 0 Å². The van der Waals surface area contributed by atoms with Crippen molar-refractivity contribution in [1.29, 1.82) is 0 Å². The van der Waals surface area contributed by atoms with Crippen LogP contribution in [0.2, 0.25) is 0 Å². The number of nitrogens with zero attached hydrogens (tertiary/aromatic N) is 1. The minimum Gasteiger partial charge on any atom is -0.390 e. The van der Waals surface area contributed by atoms with E-state index < -0.39 is 0 Å².